The topological polar surface area (TPSA) is 79.2 Å². The van der Waals surface area contributed by atoms with E-state index in [0.29, 0.717) is 11.3 Å². The van der Waals surface area contributed by atoms with E-state index in [1.165, 1.54) is 6.92 Å². The van der Waals surface area contributed by atoms with Crippen LogP contribution in [0.2, 0.25) is 0 Å². The SMILES string of the molecule is CC(OC(=O)Cc1ccc(Br)cc1)C(=O)Nc1cccc(C#N)c1. The van der Waals surface area contributed by atoms with Crippen LogP contribution >= 0.6 is 15.9 Å². The van der Waals surface area contributed by atoms with Gasteiger partial charge in [-0.05, 0) is 42.8 Å². The first-order valence-electron chi connectivity index (χ1n) is 7.23. The van der Waals surface area contributed by atoms with Crippen molar-refractivity contribution in [3.8, 4) is 6.07 Å². The number of amides is 1. The van der Waals surface area contributed by atoms with Gasteiger partial charge < -0.3 is 10.1 Å². The first kappa shape index (κ1) is 17.7. The maximum atomic E-state index is 12.1. The highest BCUT2D eigenvalue weighted by molar-refractivity contribution is 9.10. The number of carbonyl (C=O) groups is 2. The Morgan fingerprint density at radius 1 is 1.25 bits per heavy atom. The fourth-order valence-corrected chi connectivity index (χ4v) is 2.24. The highest BCUT2D eigenvalue weighted by atomic mass is 79.9. The van der Waals surface area contributed by atoms with Crippen LogP contribution in [0.5, 0.6) is 0 Å². The van der Waals surface area contributed by atoms with Crippen molar-refractivity contribution in [2.75, 3.05) is 5.32 Å². The van der Waals surface area contributed by atoms with E-state index in [1.54, 1.807) is 24.3 Å². The summed E-state index contributed by atoms with van der Waals surface area (Å²) in [4.78, 5) is 24.0. The lowest BCUT2D eigenvalue weighted by Crippen LogP contribution is -2.30. The lowest BCUT2D eigenvalue weighted by molar-refractivity contribution is -0.152. The van der Waals surface area contributed by atoms with Crippen LogP contribution in [-0.2, 0) is 20.7 Å². The Labute approximate surface area is 148 Å². The average molecular weight is 387 g/mol. The number of nitrogens with zero attached hydrogens (tertiary/aromatic N) is 1. The Kier molecular flexibility index (Phi) is 6.10. The van der Waals surface area contributed by atoms with Crippen LogP contribution in [0.1, 0.15) is 18.1 Å². The Bertz CT molecular complexity index is 782. The Balaban J connectivity index is 1.89. The molecule has 2 rings (SSSR count). The third-order valence-electron chi connectivity index (χ3n) is 3.20. The molecule has 0 aliphatic rings. The summed E-state index contributed by atoms with van der Waals surface area (Å²) in [6, 6.07) is 15.8. The Hall–Kier alpha value is -2.65. The van der Waals surface area contributed by atoms with Gasteiger partial charge in [0.05, 0.1) is 18.1 Å². The minimum Gasteiger partial charge on any atom is -0.452 e. The molecule has 24 heavy (non-hydrogen) atoms. The molecule has 0 aliphatic heterocycles. The van der Waals surface area contributed by atoms with Crippen molar-refractivity contribution in [1.82, 2.24) is 0 Å². The van der Waals surface area contributed by atoms with Crippen molar-refractivity contribution in [2.24, 2.45) is 0 Å². The standard InChI is InChI=1S/C18H15BrN2O3/c1-12(18(23)21-16-4-2-3-14(9-16)11-20)24-17(22)10-13-5-7-15(19)8-6-13/h2-9,12H,10H2,1H3,(H,21,23). The number of nitrogens with one attached hydrogen (secondary N) is 1. The predicted molar refractivity (Wildman–Crippen MR) is 93.2 cm³/mol. The van der Waals surface area contributed by atoms with E-state index in [-0.39, 0.29) is 6.42 Å². The molecule has 0 radical (unpaired) electrons. The third kappa shape index (κ3) is 5.21. The van der Waals surface area contributed by atoms with Crippen molar-refractivity contribution in [3.63, 3.8) is 0 Å². The van der Waals surface area contributed by atoms with Gasteiger partial charge in [-0.3, -0.25) is 9.59 Å². The van der Waals surface area contributed by atoms with Gasteiger partial charge in [-0.1, -0.05) is 34.1 Å². The van der Waals surface area contributed by atoms with Gasteiger partial charge in [-0.2, -0.15) is 5.26 Å². The predicted octanol–water partition coefficient (Wildman–Crippen LogP) is 3.43. The molecular formula is C18H15BrN2O3. The summed E-state index contributed by atoms with van der Waals surface area (Å²) in [6.07, 6.45) is -0.840. The molecule has 122 valence electrons. The molecule has 0 bridgehead atoms. The molecule has 0 saturated carbocycles. The number of hydrogen-bond acceptors (Lipinski definition) is 4. The van der Waals surface area contributed by atoms with Crippen LogP contribution in [0, 0.1) is 11.3 Å². The van der Waals surface area contributed by atoms with E-state index in [2.05, 4.69) is 21.2 Å². The average Bonchev–Trinajstić information content (AvgIpc) is 2.57. The number of anilines is 1. The summed E-state index contributed by atoms with van der Waals surface area (Å²) in [7, 11) is 0. The second-order valence-corrected chi connectivity index (χ2v) is 6.03. The highest BCUT2D eigenvalue weighted by Gasteiger charge is 2.18. The van der Waals surface area contributed by atoms with E-state index in [1.807, 2.05) is 30.3 Å². The Morgan fingerprint density at radius 3 is 2.62 bits per heavy atom. The molecule has 1 atom stereocenters. The molecule has 1 N–H and O–H groups in total. The van der Waals surface area contributed by atoms with Gasteiger partial charge >= 0.3 is 5.97 Å². The molecule has 6 heteroatoms. The fraction of sp³-hybridized carbons (Fsp3) is 0.167. The number of halogens is 1. The number of esters is 1. The zero-order valence-corrected chi connectivity index (χ0v) is 14.5. The van der Waals surface area contributed by atoms with E-state index in [4.69, 9.17) is 10.00 Å². The first-order valence-corrected chi connectivity index (χ1v) is 8.02. The quantitative estimate of drug-likeness (QED) is 0.798. The van der Waals surface area contributed by atoms with Gasteiger partial charge in [0, 0.05) is 10.2 Å². The number of ether oxygens (including phenoxy) is 1. The zero-order chi connectivity index (χ0) is 17.5. The summed E-state index contributed by atoms with van der Waals surface area (Å²) in [6.45, 7) is 1.50. The molecule has 1 unspecified atom stereocenters. The second-order valence-electron chi connectivity index (χ2n) is 5.12. The summed E-state index contributed by atoms with van der Waals surface area (Å²) < 4.78 is 6.07. The number of nitriles is 1. The molecule has 0 saturated heterocycles. The molecule has 5 nitrogen and oxygen atoms in total. The van der Waals surface area contributed by atoms with Gasteiger partial charge in [0.1, 0.15) is 0 Å². The summed E-state index contributed by atoms with van der Waals surface area (Å²) in [5.74, 6) is -0.931. The minimum absolute atomic E-state index is 0.0921. The van der Waals surface area contributed by atoms with Crippen molar-refractivity contribution in [2.45, 2.75) is 19.4 Å². The normalized spacial score (nSPS) is 11.2. The minimum atomic E-state index is -0.932. The molecular weight excluding hydrogens is 372 g/mol. The largest absolute Gasteiger partial charge is 0.452 e. The van der Waals surface area contributed by atoms with Crippen LogP contribution in [0.15, 0.2) is 53.0 Å². The summed E-state index contributed by atoms with van der Waals surface area (Å²) in [5.41, 5.74) is 1.72. The molecule has 0 heterocycles. The smallest absolute Gasteiger partial charge is 0.311 e. The van der Waals surface area contributed by atoms with Gasteiger partial charge in [0.15, 0.2) is 6.10 Å². The van der Waals surface area contributed by atoms with Crippen LogP contribution < -0.4 is 5.32 Å². The van der Waals surface area contributed by atoms with Crippen LogP contribution in [0.25, 0.3) is 0 Å². The zero-order valence-electron chi connectivity index (χ0n) is 13.0. The molecule has 0 fully saturated rings. The number of hydrogen-bond donors (Lipinski definition) is 1. The van der Waals surface area contributed by atoms with Gasteiger partial charge in [-0.15, -0.1) is 0 Å². The van der Waals surface area contributed by atoms with Crippen LogP contribution in [-0.4, -0.2) is 18.0 Å². The lowest BCUT2D eigenvalue weighted by Gasteiger charge is -2.13. The highest BCUT2D eigenvalue weighted by Crippen LogP contribution is 2.13. The van der Waals surface area contributed by atoms with Gasteiger partial charge in [0.2, 0.25) is 0 Å². The lowest BCUT2D eigenvalue weighted by atomic mass is 10.1. The third-order valence-corrected chi connectivity index (χ3v) is 3.73. The summed E-state index contributed by atoms with van der Waals surface area (Å²) >= 11 is 3.32. The van der Waals surface area contributed by atoms with Crippen molar-refractivity contribution < 1.29 is 14.3 Å². The second kappa shape index (κ2) is 8.27. The van der Waals surface area contributed by atoms with Gasteiger partial charge in [0.25, 0.3) is 5.91 Å². The van der Waals surface area contributed by atoms with Crippen molar-refractivity contribution in [1.29, 1.82) is 5.26 Å². The molecule has 1 amide bonds. The first-order chi connectivity index (χ1) is 11.5. The van der Waals surface area contributed by atoms with E-state index >= 15 is 0 Å². The molecule has 0 aliphatic carbocycles. The van der Waals surface area contributed by atoms with Crippen LogP contribution in [0.4, 0.5) is 5.69 Å². The van der Waals surface area contributed by atoms with E-state index < -0.39 is 18.0 Å². The molecule has 2 aromatic rings. The molecule has 0 spiro atoms. The van der Waals surface area contributed by atoms with Crippen LogP contribution in [0.3, 0.4) is 0 Å². The van der Waals surface area contributed by atoms with Crippen molar-refractivity contribution in [3.05, 3.63) is 64.1 Å². The van der Waals surface area contributed by atoms with Crippen molar-refractivity contribution >= 4 is 33.5 Å². The van der Waals surface area contributed by atoms with E-state index in [9.17, 15) is 9.59 Å². The number of rotatable bonds is 5. The number of carbonyl (C=O) groups excluding carboxylic acids is 2. The maximum absolute atomic E-state index is 12.1. The van der Waals surface area contributed by atoms with E-state index in [0.717, 1.165) is 10.0 Å². The fourth-order valence-electron chi connectivity index (χ4n) is 1.97. The maximum Gasteiger partial charge on any atom is 0.311 e. The Morgan fingerprint density at radius 2 is 1.96 bits per heavy atom. The molecule has 2 aromatic carbocycles. The summed E-state index contributed by atoms with van der Waals surface area (Å²) in [5, 5.41) is 11.5. The number of benzene rings is 2. The monoisotopic (exact) mass is 386 g/mol. The van der Waals surface area contributed by atoms with Gasteiger partial charge in [-0.25, -0.2) is 0 Å². The molecule has 0 aromatic heterocycles.